The van der Waals surface area contributed by atoms with Gasteiger partial charge in [-0.05, 0) is 37.8 Å². The number of benzene rings is 1. The van der Waals surface area contributed by atoms with Gasteiger partial charge in [0.2, 0.25) is 5.95 Å². The largest absolute Gasteiger partial charge is 0.399 e. The molecular formula is C26H33N9OS. The van der Waals surface area contributed by atoms with Gasteiger partial charge in [0.15, 0.2) is 5.13 Å². The Morgan fingerprint density at radius 3 is 2.14 bits per heavy atom. The molecule has 0 aliphatic carbocycles. The van der Waals surface area contributed by atoms with Crippen LogP contribution < -0.4 is 25.8 Å². The van der Waals surface area contributed by atoms with E-state index >= 15 is 0 Å². The second-order valence-corrected chi connectivity index (χ2v) is 10.7. The Balaban J connectivity index is 1.10. The number of amides is 2. The lowest BCUT2D eigenvalue weighted by Gasteiger charge is -2.35. The molecule has 6 rings (SSSR count). The van der Waals surface area contributed by atoms with Crippen molar-refractivity contribution in [2.45, 2.75) is 25.7 Å². The van der Waals surface area contributed by atoms with E-state index in [0.29, 0.717) is 23.9 Å². The SMILES string of the molecule is Nc1cccc(-c2csc(NC(=O)N3CCN(c4cc(N5CCCC5)nc(N5CCCC5)n4)CC3)n2)c1. The molecule has 10 nitrogen and oxygen atoms in total. The van der Waals surface area contributed by atoms with Crippen LogP contribution >= 0.6 is 11.3 Å². The summed E-state index contributed by atoms with van der Waals surface area (Å²) >= 11 is 1.42. The maximum atomic E-state index is 13.0. The number of anilines is 5. The summed E-state index contributed by atoms with van der Waals surface area (Å²) in [5.41, 5.74) is 8.34. The number of urea groups is 1. The minimum Gasteiger partial charge on any atom is -0.399 e. The van der Waals surface area contributed by atoms with Crippen LogP contribution in [0.3, 0.4) is 0 Å². The van der Waals surface area contributed by atoms with Crippen LogP contribution in [-0.2, 0) is 0 Å². The number of nitrogen functional groups attached to an aromatic ring is 1. The summed E-state index contributed by atoms with van der Waals surface area (Å²) in [6.45, 7) is 6.87. The van der Waals surface area contributed by atoms with Crippen LogP contribution in [0, 0.1) is 0 Å². The quantitative estimate of drug-likeness (QED) is 0.491. The summed E-state index contributed by atoms with van der Waals surface area (Å²) in [6.07, 6.45) is 4.82. The van der Waals surface area contributed by atoms with Crippen molar-refractivity contribution in [2.75, 3.05) is 78.1 Å². The maximum Gasteiger partial charge on any atom is 0.323 e. The Bertz CT molecular complexity index is 1210. The van der Waals surface area contributed by atoms with Gasteiger partial charge in [0.05, 0.1) is 5.69 Å². The third-order valence-electron chi connectivity index (χ3n) is 7.30. The number of piperazine rings is 1. The lowest BCUT2D eigenvalue weighted by atomic mass is 10.1. The van der Waals surface area contributed by atoms with Crippen molar-refractivity contribution in [3.63, 3.8) is 0 Å². The van der Waals surface area contributed by atoms with E-state index in [1.165, 1.54) is 37.0 Å². The normalized spacial score (nSPS) is 18.1. The number of rotatable bonds is 5. The van der Waals surface area contributed by atoms with E-state index in [-0.39, 0.29) is 6.03 Å². The molecule has 37 heavy (non-hydrogen) atoms. The van der Waals surface area contributed by atoms with E-state index in [2.05, 4.69) is 31.1 Å². The molecule has 0 bridgehead atoms. The number of carbonyl (C=O) groups is 1. The fraction of sp³-hybridized carbons (Fsp3) is 0.462. The summed E-state index contributed by atoms with van der Waals surface area (Å²) in [4.78, 5) is 36.3. The van der Waals surface area contributed by atoms with Crippen LogP contribution in [0.1, 0.15) is 25.7 Å². The number of hydrogen-bond acceptors (Lipinski definition) is 9. The third-order valence-corrected chi connectivity index (χ3v) is 8.06. The van der Waals surface area contributed by atoms with Gasteiger partial charge in [-0.2, -0.15) is 9.97 Å². The second kappa shape index (κ2) is 10.4. The first-order chi connectivity index (χ1) is 18.1. The van der Waals surface area contributed by atoms with Crippen molar-refractivity contribution in [3.8, 4) is 11.3 Å². The van der Waals surface area contributed by atoms with Gasteiger partial charge in [0.25, 0.3) is 0 Å². The Hall–Kier alpha value is -3.60. The summed E-state index contributed by atoms with van der Waals surface area (Å²) < 4.78 is 0. The minimum absolute atomic E-state index is 0.119. The number of thiazole rings is 1. The van der Waals surface area contributed by atoms with Gasteiger partial charge in [-0.15, -0.1) is 11.3 Å². The number of nitrogens with two attached hydrogens (primary N) is 1. The fourth-order valence-electron chi connectivity index (χ4n) is 5.21. The van der Waals surface area contributed by atoms with Crippen molar-refractivity contribution >= 4 is 45.8 Å². The summed E-state index contributed by atoms with van der Waals surface area (Å²) in [5, 5.41) is 5.50. The molecule has 3 aliphatic heterocycles. The first-order valence-corrected chi connectivity index (χ1v) is 14.0. The van der Waals surface area contributed by atoms with Crippen LogP contribution in [0.2, 0.25) is 0 Å². The Labute approximate surface area is 221 Å². The molecule has 0 atom stereocenters. The average molecular weight is 520 g/mol. The third kappa shape index (κ3) is 5.27. The van der Waals surface area contributed by atoms with Crippen molar-refractivity contribution in [2.24, 2.45) is 0 Å². The van der Waals surface area contributed by atoms with E-state index in [4.69, 9.17) is 15.7 Å². The number of carbonyl (C=O) groups excluding carboxylic acids is 1. The zero-order valence-corrected chi connectivity index (χ0v) is 21.8. The molecule has 0 unspecified atom stereocenters. The fourth-order valence-corrected chi connectivity index (χ4v) is 5.92. The minimum atomic E-state index is -0.119. The van der Waals surface area contributed by atoms with Gasteiger partial charge >= 0.3 is 6.03 Å². The molecule has 0 spiro atoms. The first kappa shape index (κ1) is 23.8. The molecule has 5 heterocycles. The van der Waals surface area contributed by atoms with Crippen LogP contribution in [0.25, 0.3) is 11.3 Å². The molecule has 194 valence electrons. The van der Waals surface area contributed by atoms with Crippen molar-refractivity contribution in [1.29, 1.82) is 0 Å². The average Bonchev–Trinajstić information content (AvgIpc) is 3.72. The molecule has 11 heteroatoms. The van der Waals surface area contributed by atoms with E-state index in [1.54, 1.807) is 0 Å². The lowest BCUT2D eigenvalue weighted by molar-refractivity contribution is 0.208. The van der Waals surface area contributed by atoms with E-state index in [0.717, 1.165) is 68.1 Å². The van der Waals surface area contributed by atoms with E-state index in [9.17, 15) is 4.79 Å². The molecule has 2 amide bonds. The monoisotopic (exact) mass is 519 g/mol. The highest BCUT2D eigenvalue weighted by Crippen LogP contribution is 2.29. The van der Waals surface area contributed by atoms with Crippen LogP contribution in [0.15, 0.2) is 35.7 Å². The van der Waals surface area contributed by atoms with Gasteiger partial charge in [-0.3, -0.25) is 5.32 Å². The first-order valence-electron chi connectivity index (χ1n) is 13.1. The molecule has 3 aromatic rings. The van der Waals surface area contributed by atoms with E-state index < -0.39 is 0 Å². The predicted octanol–water partition coefficient (Wildman–Crippen LogP) is 3.74. The topological polar surface area (TPSA) is 107 Å². The lowest BCUT2D eigenvalue weighted by Crippen LogP contribution is -2.50. The molecule has 2 aromatic heterocycles. The summed E-state index contributed by atoms with van der Waals surface area (Å²) in [7, 11) is 0. The van der Waals surface area contributed by atoms with Gasteiger partial charge < -0.3 is 25.3 Å². The molecular weight excluding hydrogens is 486 g/mol. The molecule has 3 saturated heterocycles. The molecule has 0 radical (unpaired) electrons. The number of nitrogens with one attached hydrogen (secondary N) is 1. The Morgan fingerprint density at radius 1 is 0.811 bits per heavy atom. The molecule has 1 aromatic carbocycles. The number of nitrogens with zero attached hydrogens (tertiary/aromatic N) is 7. The highest BCUT2D eigenvalue weighted by Gasteiger charge is 2.26. The summed E-state index contributed by atoms with van der Waals surface area (Å²) in [6, 6.07) is 9.62. The standard InChI is InChI=1S/C26H33N9OS/c27-20-7-5-6-19(16-20)21-18-37-25(28-21)31-26(36)35-14-12-33(13-15-35)23-17-22(32-8-1-2-9-32)29-24(30-23)34-10-3-4-11-34/h5-7,16-18H,1-4,8-15,27H2,(H,28,31,36). The van der Waals surface area contributed by atoms with Crippen LogP contribution in [-0.4, -0.2) is 78.2 Å². The van der Waals surface area contributed by atoms with Crippen LogP contribution in [0.5, 0.6) is 0 Å². The zero-order chi connectivity index (χ0) is 25.2. The van der Waals surface area contributed by atoms with Crippen molar-refractivity contribution in [1.82, 2.24) is 19.9 Å². The van der Waals surface area contributed by atoms with Crippen molar-refractivity contribution < 1.29 is 4.79 Å². The second-order valence-electron chi connectivity index (χ2n) is 9.84. The maximum absolute atomic E-state index is 13.0. The van der Waals surface area contributed by atoms with Gasteiger partial charge in [0, 0.05) is 75.1 Å². The molecule has 0 saturated carbocycles. The smallest absolute Gasteiger partial charge is 0.323 e. The molecule has 3 N–H and O–H groups in total. The van der Waals surface area contributed by atoms with E-state index in [1.807, 2.05) is 34.5 Å². The van der Waals surface area contributed by atoms with Gasteiger partial charge in [0.1, 0.15) is 11.6 Å². The number of hydrogen-bond donors (Lipinski definition) is 2. The highest BCUT2D eigenvalue weighted by molar-refractivity contribution is 7.14. The van der Waals surface area contributed by atoms with Crippen LogP contribution in [0.4, 0.5) is 33.2 Å². The molecule has 3 fully saturated rings. The van der Waals surface area contributed by atoms with Gasteiger partial charge in [-0.25, -0.2) is 9.78 Å². The number of aromatic nitrogens is 3. The highest BCUT2D eigenvalue weighted by atomic mass is 32.1. The summed E-state index contributed by atoms with van der Waals surface area (Å²) in [5.74, 6) is 2.84. The zero-order valence-electron chi connectivity index (χ0n) is 21.0. The van der Waals surface area contributed by atoms with Crippen molar-refractivity contribution in [3.05, 3.63) is 35.7 Å². The van der Waals surface area contributed by atoms with Gasteiger partial charge in [-0.1, -0.05) is 12.1 Å². The Kier molecular flexibility index (Phi) is 6.69. The molecule has 3 aliphatic rings. The Morgan fingerprint density at radius 2 is 1.46 bits per heavy atom. The predicted molar refractivity (Wildman–Crippen MR) is 150 cm³/mol.